The second-order valence-electron chi connectivity index (χ2n) is 9.91. The molecule has 0 bridgehead atoms. The summed E-state index contributed by atoms with van der Waals surface area (Å²) in [7, 11) is -1.14. The Morgan fingerprint density at radius 2 is 1.50 bits per heavy atom. The molecule has 0 radical (unpaired) electrons. The normalized spacial score (nSPS) is 15.7. The number of methoxy groups -OCH3 is 2. The van der Waals surface area contributed by atoms with Crippen molar-refractivity contribution >= 4 is 39.1 Å². The Labute approximate surface area is 240 Å². The van der Waals surface area contributed by atoms with Crippen LogP contribution in [0.2, 0.25) is 5.02 Å². The largest absolute Gasteiger partial charge is 0.493 e. The standard InChI is InChI=1S/C30H33ClN2O6S/c1-18-15-19(2)21(4)29(20(18)3)40(36,37)32(14-13-22-7-12-26(38-5)27(16-22)39-6)25-17-28(34)33(30(25)35)24-10-8-23(31)9-11-24/h7-12,15-16,25H,13-14,17H2,1-6H3. The van der Waals surface area contributed by atoms with Gasteiger partial charge in [-0.25, -0.2) is 13.3 Å². The summed E-state index contributed by atoms with van der Waals surface area (Å²) in [6.07, 6.45) is 0.0108. The number of rotatable bonds is 9. The molecule has 1 saturated heterocycles. The summed E-state index contributed by atoms with van der Waals surface area (Å²) in [5.74, 6) is -0.00998. The number of anilines is 1. The van der Waals surface area contributed by atoms with Crippen molar-refractivity contribution in [1.29, 1.82) is 0 Å². The van der Waals surface area contributed by atoms with Crippen LogP contribution in [-0.4, -0.2) is 51.3 Å². The van der Waals surface area contributed by atoms with Crippen molar-refractivity contribution in [2.24, 2.45) is 0 Å². The van der Waals surface area contributed by atoms with Gasteiger partial charge in [0, 0.05) is 11.6 Å². The van der Waals surface area contributed by atoms with Gasteiger partial charge in [0.1, 0.15) is 6.04 Å². The first-order valence-corrected chi connectivity index (χ1v) is 14.6. The molecule has 4 rings (SSSR count). The van der Waals surface area contributed by atoms with Crippen LogP contribution < -0.4 is 14.4 Å². The van der Waals surface area contributed by atoms with Crippen LogP contribution in [0.1, 0.15) is 34.2 Å². The lowest BCUT2D eigenvalue weighted by atomic mass is 10.0. The highest BCUT2D eigenvalue weighted by atomic mass is 35.5. The van der Waals surface area contributed by atoms with Crippen molar-refractivity contribution in [1.82, 2.24) is 4.31 Å². The predicted octanol–water partition coefficient (Wildman–Crippen LogP) is 5.16. The smallest absolute Gasteiger partial charge is 0.252 e. The molecule has 3 aromatic carbocycles. The highest BCUT2D eigenvalue weighted by Crippen LogP contribution is 2.34. The molecule has 0 aromatic heterocycles. The third-order valence-corrected chi connectivity index (χ3v) is 9.92. The number of carbonyl (C=O) groups is 2. The molecule has 0 saturated carbocycles. The van der Waals surface area contributed by atoms with Gasteiger partial charge in [0.05, 0.1) is 31.2 Å². The number of sulfonamides is 1. The summed E-state index contributed by atoms with van der Waals surface area (Å²) >= 11 is 6.00. The predicted molar refractivity (Wildman–Crippen MR) is 155 cm³/mol. The number of halogens is 1. The fourth-order valence-corrected chi connectivity index (χ4v) is 7.39. The molecule has 2 amide bonds. The van der Waals surface area contributed by atoms with Gasteiger partial charge in [-0.05, 0) is 98.3 Å². The van der Waals surface area contributed by atoms with Gasteiger partial charge in [-0.1, -0.05) is 23.7 Å². The SMILES string of the molecule is COc1ccc(CCN(C2CC(=O)N(c3ccc(Cl)cc3)C2=O)S(=O)(=O)c2c(C)c(C)cc(C)c2C)cc1OC. The van der Waals surface area contributed by atoms with Gasteiger partial charge >= 0.3 is 0 Å². The third kappa shape index (κ3) is 5.46. The van der Waals surface area contributed by atoms with Crippen LogP contribution in [-0.2, 0) is 26.0 Å². The topological polar surface area (TPSA) is 93.2 Å². The summed E-state index contributed by atoms with van der Waals surface area (Å²) in [6, 6.07) is 12.4. The zero-order valence-electron chi connectivity index (χ0n) is 23.4. The summed E-state index contributed by atoms with van der Waals surface area (Å²) in [6.45, 7) is 7.23. The molecule has 1 fully saturated rings. The van der Waals surface area contributed by atoms with E-state index in [0.717, 1.165) is 21.6 Å². The van der Waals surface area contributed by atoms with Gasteiger partial charge in [-0.15, -0.1) is 0 Å². The van der Waals surface area contributed by atoms with E-state index in [1.54, 1.807) is 50.2 Å². The van der Waals surface area contributed by atoms with Crippen LogP contribution in [0.3, 0.4) is 0 Å². The van der Waals surface area contributed by atoms with Crippen LogP contribution in [0.4, 0.5) is 5.69 Å². The average Bonchev–Trinajstić information content (AvgIpc) is 3.20. The molecule has 1 heterocycles. The van der Waals surface area contributed by atoms with Crippen LogP contribution >= 0.6 is 11.6 Å². The van der Waals surface area contributed by atoms with Crippen molar-refractivity contribution in [3.05, 3.63) is 81.4 Å². The number of ether oxygens (including phenoxy) is 2. The minimum atomic E-state index is -4.20. The molecule has 0 aliphatic carbocycles. The average molecular weight is 585 g/mol. The molecule has 1 unspecified atom stereocenters. The zero-order valence-corrected chi connectivity index (χ0v) is 25.0. The van der Waals surface area contributed by atoms with Crippen LogP contribution in [0.25, 0.3) is 0 Å². The zero-order chi connectivity index (χ0) is 29.4. The first kappa shape index (κ1) is 29.6. The molecule has 1 aliphatic rings. The molecular formula is C30H33ClN2O6S. The molecule has 3 aromatic rings. The Kier molecular flexibility index (Phi) is 8.58. The van der Waals surface area contributed by atoms with Crippen molar-refractivity contribution in [2.75, 3.05) is 25.7 Å². The monoisotopic (exact) mass is 584 g/mol. The number of amides is 2. The first-order valence-electron chi connectivity index (χ1n) is 12.8. The van der Waals surface area contributed by atoms with E-state index in [1.165, 1.54) is 18.5 Å². The minimum absolute atomic E-state index is 0.0260. The maximum absolute atomic E-state index is 14.4. The lowest BCUT2D eigenvalue weighted by Gasteiger charge is -2.29. The van der Waals surface area contributed by atoms with Gasteiger partial charge in [0.2, 0.25) is 15.9 Å². The second kappa shape index (κ2) is 11.6. The first-order chi connectivity index (χ1) is 18.9. The van der Waals surface area contributed by atoms with Crippen molar-refractivity contribution < 1.29 is 27.5 Å². The fraction of sp³-hybridized carbons (Fsp3) is 0.333. The lowest BCUT2D eigenvalue weighted by Crippen LogP contribution is -2.46. The quantitative estimate of drug-likeness (QED) is 0.323. The van der Waals surface area contributed by atoms with E-state index in [0.29, 0.717) is 33.3 Å². The number of aryl methyl sites for hydroxylation is 2. The van der Waals surface area contributed by atoms with Crippen LogP contribution in [0.5, 0.6) is 11.5 Å². The number of hydrogen-bond acceptors (Lipinski definition) is 6. The lowest BCUT2D eigenvalue weighted by molar-refractivity contribution is -0.122. The molecule has 10 heteroatoms. The second-order valence-corrected chi connectivity index (χ2v) is 12.2. The molecule has 0 N–H and O–H groups in total. The molecule has 212 valence electrons. The van der Waals surface area contributed by atoms with E-state index in [-0.39, 0.29) is 24.3 Å². The Morgan fingerprint density at radius 3 is 2.08 bits per heavy atom. The number of carbonyl (C=O) groups excluding carboxylic acids is 2. The van der Waals surface area contributed by atoms with Crippen LogP contribution in [0.15, 0.2) is 53.4 Å². The van der Waals surface area contributed by atoms with Crippen molar-refractivity contribution in [2.45, 2.75) is 51.5 Å². The van der Waals surface area contributed by atoms with E-state index in [2.05, 4.69) is 0 Å². The van der Waals surface area contributed by atoms with Crippen LogP contribution in [0, 0.1) is 27.7 Å². The Balaban J connectivity index is 1.79. The van der Waals surface area contributed by atoms with E-state index < -0.39 is 27.9 Å². The maximum atomic E-state index is 14.4. The number of hydrogen-bond donors (Lipinski definition) is 0. The highest BCUT2D eigenvalue weighted by molar-refractivity contribution is 7.89. The number of imide groups is 1. The third-order valence-electron chi connectivity index (χ3n) is 7.49. The molecule has 1 aliphatic heterocycles. The number of nitrogens with zero attached hydrogens (tertiary/aromatic N) is 2. The van der Waals surface area contributed by atoms with Gasteiger partial charge < -0.3 is 9.47 Å². The van der Waals surface area contributed by atoms with E-state index in [9.17, 15) is 18.0 Å². The van der Waals surface area contributed by atoms with Crippen molar-refractivity contribution in [3.8, 4) is 11.5 Å². The summed E-state index contributed by atoms with van der Waals surface area (Å²) in [5.41, 5.74) is 4.03. The van der Waals surface area contributed by atoms with Crippen molar-refractivity contribution in [3.63, 3.8) is 0 Å². The van der Waals surface area contributed by atoms with E-state index in [4.69, 9.17) is 21.1 Å². The van der Waals surface area contributed by atoms with Gasteiger partial charge in [-0.3, -0.25) is 9.59 Å². The molecule has 40 heavy (non-hydrogen) atoms. The number of benzene rings is 3. The Bertz CT molecular complexity index is 1540. The molecule has 8 nitrogen and oxygen atoms in total. The van der Waals surface area contributed by atoms with Gasteiger partial charge in [0.15, 0.2) is 11.5 Å². The summed E-state index contributed by atoms with van der Waals surface area (Å²) in [4.78, 5) is 28.1. The van der Waals surface area contributed by atoms with Gasteiger partial charge in [-0.2, -0.15) is 4.31 Å². The van der Waals surface area contributed by atoms with E-state index >= 15 is 0 Å². The molecule has 0 spiro atoms. The van der Waals surface area contributed by atoms with Gasteiger partial charge in [0.25, 0.3) is 5.91 Å². The van der Waals surface area contributed by atoms with E-state index in [1.807, 2.05) is 26.0 Å². The Hall–Kier alpha value is -3.40. The maximum Gasteiger partial charge on any atom is 0.252 e. The summed E-state index contributed by atoms with van der Waals surface area (Å²) in [5, 5.41) is 0.458. The fourth-order valence-electron chi connectivity index (χ4n) is 5.11. The highest BCUT2D eigenvalue weighted by Gasteiger charge is 2.47. The minimum Gasteiger partial charge on any atom is -0.493 e. The summed E-state index contributed by atoms with van der Waals surface area (Å²) < 4.78 is 40.8. The Morgan fingerprint density at radius 1 is 0.900 bits per heavy atom. The molecule has 1 atom stereocenters. The molecular weight excluding hydrogens is 552 g/mol.